The second-order valence-electron chi connectivity index (χ2n) is 5.29. The molecule has 1 aromatic carbocycles. The Morgan fingerprint density at radius 1 is 1.25 bits per heavy atom. The van der Waals surface area contributed by atoms with Crippen LogP contribution in [0.15, 0.2) is 30.3 Å². The Labute approximate surface area is 121 Å². The Morgan fingerprint density at radius 2 is 1.95 bits per heavy atom. The lowest BCUT2D eigenvalue weighted by Gasteiger charge is -2.24. The third-order valence-electron chi connectivity index (χ3n) is 2.90. The van der Waals surface area contributed by atoms with Gasteiger partial charge in [0, 0.05) is 31.8 Å². The second-order valence-corrected chi connectivity index (χ2v) is 5.29. The predicted octanol–water partition coefficient (Wildman–Crippen LogP) is 3.03. The number of carbonyl (C=O) groups is 1. The van der Waals surface area contributed by atoms with Crippen molar-refractivity contribution in [3.8, 4) is 0 Å². The molecule has 0 unspecified atom stereocenters. The van der Waals surface area contributed by atoms with Gasteiger partial charge in [-0.1, -0.05) is 32.0 Å². The van der Waals surface area contributed by atoms with Crippen LogP contribution in [0.3, 0.4) is 0 Å². The van der Waals surface area contributed by atoms with Crippen LogP contribution in [-0.2, 0) is 9.53 Å². The monoisotopic (exact) mass is 279 g/mol. The number of ether oxygens (including phenoxy) is 1. The number of nitrogens with zero attached hydrogens (tertiary/aromatic N) is 1. The molecule has 112 valence electrons. The molecular formula is C16H25NO3. The maximum atomic E-state index is 10.6. The summed E-state index contributed by atoms with van der Waals surface area (Å²) in [6.45, 7) is 7.21. The average Bonchev–Trinajstić information content (AvgIpc) is 2.42. The van der Waals surface area contributed by atoms with Gasteiger partial charge in [0.15, 0.2) is 0 Å². The molecule has 1 N–H and O–H groups in total. The van der Waals surface area contributed by atoms with Crippen molar-refractivity contribution in [1.82, 2.24) is 0 Å². The number of hydrogen-bond acceptors (Lipinski definition) is 3. The molecule has 0 saturated heterocycles. The van der Waals surface area contributed by atoms with Crippen LogP contribution in [0, 0.1) is 5.92 Å². The summed E-state index contributed by atoms with van der Waals surface area (Å²) in [6, 6.07) is 10.1. The highest BCUT2D eigenvalue weighted by atomic mass is 16.5. The molecule has 4 heteroatoms. The number of benzene rings is 1. The SMILES string of the molecule is CC(C)COCCN(CCCC(=O)O)c1ccccc1. The summed E-state index contributed by atoms with van der Waals surface area (Å²) in [5.41, 5.74) is 1.12. The highest BCUT2D eigenvalue weighted by Crippen LogP contribution is 2.13. The molecule has 0 spiro atoms. The largest absolute Gasteiger partial charge is 0.481 e. The van der Waals surface area contributed by atoms with Gasteiger partial charge in [-0.05, 0) is 24.5 Å². The fourth-order valence-electron chi connectivity index (χ4n) is 1.92. The van der Waals surface area contributed by atoms with Crippen LogP contribution in [-0.4, -0.2) is 37.4 Å². The van der Waals surface area contributed by atoms with Crippen LogP contribution in [0.5, 0.6) is 0 Å². The third-order valence-corrected chi connectivity index (χ3v) is 2.90. The van der Waals surface area contributed by atoms with Gasteiger partial charge in [0.25, 0.3) is 0 Å². The van der Waals surface area contributed by atoms with E-state index < -0.39 is 5.97 Å². The Kier molecular flexibility index (Phi) is 7.73. The Balaban J connectivity index is 2.45. The number of aliphatic carboxylic acids is 1. The maximum absolute atomic E-state index is 10.6. The fourth-order valence-corrected chi connectivity index (χ4v) is 1.92. The van der Waals surface area contributed by atoms with E-state index in [0.717, 1.165) is 25.4 Å². The second kappa shape index (κ2) is 9.37. The topological polar surface area (TPSA) is 49.8 Å². The van der Waals surface area contributed by atoms with Crippen LogP contribution in [0.25, 0.3) is 0 Å². The van der Waals surface area contributed by atoms with Crippen LogP contribution in [0.1, 0.15) is 26.7 Å². The summed E-state index contributed by atoms with van der Waals surface area (Å²) in [7, 11) is 0. The quantitative estimate of drug-likeness (QED) is 0.669. The third kappa shape index (κ3) is 7.14. The van der Waals surface area contributed by atoms with Gasteiger partial charge in [0.05, 0.1) is 6.61 Å². The van der Waals surface area contributed by atoms with Crippen molar-refractivity contribution < 1.29 is 14.6 Å². The first kappa shape index (κ1) is 16.5. The van der Waals surface area contributed by atoms with E-state index in [1.165, 1.54) is 0 Å². The van der Waals surface area contributed by atoms with Crippen LogP contribution in [0.4, 0.5) is 5.69 Å². The summed E-state index contributed by atoms with van der Waals surface area (Å²) in [5, 5.41) is 8.73. The highest BCUT2D eigenvalue weighted by molar-refractivity contribution is 5.66. The van der Waals surface area contributed by atoms with Gasteiger partial charge >= 0.3 is 5.97 Å². The zero-order chi connectivity index (χ0) is 14.8. The number of hydrogen-bond donors (Lipinski definition) is 1. The molecule has 0 amide bonds. The summed E-state index contributed by atoms with van der Waals surface area (Å²) in [5.74, 6) is -0.207. The zero-order valence-corrected chi connectivity index (χ0v) is 12.4. The van der Waals surface area contributed by atoms with E-state index in [1.54, 1.807) is 0 Å². The molecule has 0 aliphatic rings. The predicted molar refractivity (Wildman–Crippen MR) is 81.2 cm³/mol. The lowest BCUT2D eigenvalue weighted by Crippen LogP contribution is -2.29. The van der Waals surface area contributed by atoms with Crippen molar-refractivity contribution in [3.63, 3.8) is 0 Å². The first-order valence-corrected chi connectivity index (χ1v) is 7.19. The Hall–Kier alpha value is -1.55. The van der Waals surface area contributed by atoms with Gasteiger partial charge < -0.3 is 14.7 Å². The van der Waals surface area contributed by atoms with Crippen molar-refractivity contribution >= 4 is 11.7 Å². The zero-order valence-electron chi connectivity index (χ0n) is 12.4. The summed E-state index contributed by atoms with van der Waals surface area (Å²) >= 11 is 0. The van der Waals surface area contributed by atoms with Crippen molar-refractivity contribution in [2.24, 2.45) is 5.92 Å². The van der Waals surface area contributed by atoms with Gasteiger partial charge in [-0.15, -0.1) is 0 Å². The molecule has 20 heavy (non-hydrogen) atoms. The molecule has 0 radical (unpaired) electrons. The minimum atomic E-state index is -0.742. The van der Waals surface area contributed by atoms with Crippen LogP contribution >= 0.6 is 0 Å². The minimum absolute atomic E-state index is 0.205. The molecule has 1 rings (SSSR count). The first-order chi connectivity index (χ1) is 9.59. The molecule has 0 aliphatic carbocycles. The summed E-state index contributed by atoms with van der Waals surface area (Å²) in [4.78, 5) is 12.8. The average molecular weight is 279 g/mol. The lowest BCUT2D eigenvalue weighted by atomic mass is 10.2. The van der Waals surface area contributed by atoms with Crippen molar-refractivity contribution in [2.75, 3.05) is 31.2 Å². The van der Waals surface area contributed by atoms with Crippen molar-refractivity contribution in [1.29, 1.82) is 0 Å². The number of para-hydroxylation sites is 1. The smallest absolute Gasteiger partial charge is 0.303 e. The summed E-state index contributed by atoms with van der Waals surface area (Å²) < 4.78 is 5.62. The molecule has 0 aliphatic heterocycles. The molecular weight excluding hydrogens is 254 g/mol. The Bertz CT molecular complexity index is 379. The lowest BCUT2D eigenvalue weighted by molar-refractivity contribution is -0.137. The number of anilines is 1. The van der Waals surface area contributed by atoms with Gasteiger partial charge in [-0.2, -0.15) is 0 Å². The molecule has 0 saturated carbocycles. The van der Waals surface area contributed by atoms with Gasteiger partial charge in [0.2, 0.25) is 0 Å². The molecule has 4 nitrogen and oxygen atoms in total. The van der Waals surface area contributed by atoms with E-state index in [9.17, 15) is 4.79 Å². The molecule has 0 heterocycles. The fraction of sp³-hybridized carbons (Fsp3) is 0.562. The standard InChI is InChI=1S/C16H25NO3/c1-14(2)13-20-12-11-17(10-6-9-16(18)19)15-7-4-3-5-8-15/h3-5,7-8,14H,6,9-13H2,1-2H3,(H,18,19). The molecule has 0 atom stereocenters. The maximum Gasteiger partial charge on any atom is 0.303 e. The van der Waals surface area contributed by atoms with E-state index in [-0.39, 0.29) is 6.42 Å². The minimum Gasteiger partial charge on any atom is -0.481 e. The van der Waals surface area contributed by atoms with Crippen molar-refractivity contribution in [3.05, 3.63) is 30.3 Å². The molecule has 0 aromatic heterocycles. The number of carboxylic acid groups (broad SMARTS) is 1. The van der Waals surface area contributed by atoms with Gasteiger partial charge in [-0.25, -0.2) is 0 Å². The number of rotatable bonds is 10. The van der Waals surface area contributed by atoms with E-state index in [2.05, 4.69) is 18.7 Å². The summed E-state index contributed by atoms with van der Waals surface area (Å²) in [6.07, 6.45) is 0.852. The van der Waals surface area contributed by atoms with Crippen LogP contribution < -0.4 is 4.90 Å². The molecule has 0 fully saturated rings. The Morgan fingerprint density at radius 3 is 2.55 bits per heavy atom. The van der Waals surface area contributed by atoms with E-state index in [0.29, 0.717) is 18.9 Å². The first-order valence-electron chi connectivity index (χ1n) is 7.19. The van der Waals surface area contributed by atoms with Gasteiger partial charge in [0.1, 0.15) is 0 Å². The van der Waals surface area contributed by atoms with E-state index >= 15 is 0 Å². The van der Waals surface area contributed by atoms with E-state index in [4.69, 9.17) is 9.84 Å². The van der Waals surface area contributed by atoms with E-state index in [1.807, 2.05) is 30.3 Å². The van der Waals surface area contributed by atoms with Crippen molar-refractivity contribution in [2.45, 2.75) is 26.7 Å². The highest BCUT2D eigenvalue weighted by Gasteiger charge is 2.07. The normalized spacial score (nSPS) is 10.8. The van der Waals surface area contributed by atoms with Crippen LogP contribution in [0.2, 0.25) is 0 Å². The molecule has 1 aromatic rings. The molecule has 0 bridgehead atoms. The van der Waals surface area contributed by atoms with Gasteiger partial charge in [-0.3, -0.25) is 4.79 Å². The number of carboxylic acids is 1.